The number of sulfonamides is 1. The van der Waals surface area contributed by atoms with Crippen LogP contribution in [0.1, 0.15) is 56.5 Å². The Balaban J connectivity index is 1.32. The van der Waals surface area contributed by atoms with E-state index >= 15 is 0 Å². The minimum absolute atomic E-state index is 0.206. The lowest BCUT2D eigenvalue weighted by Crippen LogP contribution is -2.35. The van der Waals surface area contributed by atoms with E-state index in [-0.39, 0.29) is 25.0 Å². The molecule has 3 heterocycles. The van der Waals surface area contributed by atoms with Gasteiger partial charge < -0.3 is 10.0 Å². The van der Waals surface area contributed by atoms with E-state index in [0.717, 1.165) is 37.3 Å². The molecule has 1 saturated heterocycles. The second-order valence-electron chi connectivity index (χ2n) is 11.4. The molecule has 0 bridgehead atoms. The van der Waals surface area contributed by atoms with Crippen molar-refractivity contribution in [3.05, 3.63) is 48.1 Å². The van der Waals surface area contributed by atoms with Gasteiger partial charge in [0.1, 0.15) is 5.69 Å². The Bertz CT molecular complexity index is 1590. The zero-order valence-electron chi connectivity index (χ0n) is 22.9. The van der Waals surface area contributed by atoms with E-state index < -0.39 is 22.6 Å². The number of alkyl halides is 2. The molecule has 13 heteroatoms. The summed E-state index contributed by atoms with van der Waals surface area (Å²) >= 11 is 0. The van der Waals surface area contributed by atoms with Crippen molar-refractivity contribution in [2.75, 3.05) is 35.1 Å². The number of nitrogens with zero attached hydrogens (tertiary/aromatic N) is 6. The van der Waals surface area contributed by atoms with Crippen molar-refractivity contribution >= 4 is 27.0 Å². The van der Waals surface area contributed by atoms with Gasteiger partial charge in [-0.15, -0.1) is 5.10 Å². The molecular weight excluding hydrogens is 552 g/mol. The van der Waals surface area contributed by atoms with Gasteiger partial charge in [0.05, 0.1) is 41.3 Å². The zero-order chi connectivity index (χ0) is 28.8. The number of nitrogens with one attached hydrogen (secondary N) is 1. The van der Waals surface area contributed by atoms with Crippen molar-refractivity contribution in [3.8, 4) is 17.1 Å². The van der Waals surface area contributed by atoms with Gasteiger partial charge in [0.15, 0.2) is 5.82 Å². The lowest BCUT2D eigenvalue weighted by atomic mass is 9.93. The van der Waals surface area contributed by atoms with Crippen LogP contribution in [0.2, 0.25) is 0 Å². The fourth-order valence-electron chi connectivity index (χ4n) is 5.62. The fraction of sp³-hybridized carbons (Fsp3) is 0.500. The minimum Gasteiger partial charge on any atom is -0.395 e. The highest BCUT2D eigenvalue weighted by atomic mass is 32.2. The molecule has 3 aliphatic rings. The third-order valence-electron chi connectivity index (χ3n) is 8.28. The topological polar surface area (TPSA) is 126 Å². The SMILES string of the molecule is Cc1cc(-c2cn(-c3ccc(NS(=O)(=O)CCO)cc3N3CCC4(CC3)CC4)nn2)nc(C2=CCC(F)(F)CC2)n1. The van der Waals surface area contributed by atoms with Crippen LogP contribution in [0.4, 0.5) is 20.2 Å². The Morgan fingerprint density at radius 3 is 2.49 bits per heavy atom. The fourth-order valence-corrected chi connectivity index (χ4v) is 6.45. The third-order valence-corrected chi connectivity index (χ3v) is 9.55. The van der Waals surface area contributed by atoms with Crippen LogP contribution in [-0.4, -0.2) is 69.9 Å². The molecule has 2 fully saturated rings. The van der Waals surface area contributed by atoms with Crippen molar-refractivity contribution in [2.24, 2.45) is 5.41 Å². The number of aliphatic hydroxyl groups is 1. The average Bonchev–Trinajstić information content (AvgIpc) is 3.48. The summed E-state index contributed by atoms with van der Waals surface area (Å²) in [6.07, 6.45) is 7.63. The molecule has 1 aliphatic heterocycles. The molecule has 1 spiro atoms. The number of hydrogen-bond acceptors (Lipinski definition) is 8. The Labute approximate surface area is 237 Å². The second kappa shape index (κ2) is 10.4. The molecule has 0 atom stereocenters. The van der Waals surface area contributed by atoms with E-state index in [1.54, 1.807) is 35.1 Å². The number of aliphatic hydroxyl groups excluding tert-OH is 1. The molecular formula is C28H33F2N7O3S. The molecule has 1 aromatic carbocycles. The Morgan fingerprint density at radius 1 is 1.02 bits per heavy atom. The maximum Gasteiger partial charge on any atom is 0.251 e. The van der Waals surface area contributed by atoms with Gasteiger partial charge in [-0.25, -0.2) is 31.8 Å². The van der Waals surface area contributed by atoms with Crippen LogP contribution in [0.3, 0.4) is 0 Å². The number of aromatic nitrogens is 5. The standard InChI is InChI=1S/C28H33F2N7O3S/c1-19-16-22(32-26(31-19)20-4-6-28(29,30)7-5-20)23-18-37(35-33-23)24-3-2-21(34-41(39,40)15-14-38)17-25(24)36-12-10-27(8-9-27)11-13-36/h2-4,16-18,34,38H,5-15H2,1H3. The first-order valence-electron chi connectivity index (χ1n) is 13.9. The second-order valence-corrected chi connectivity index (χ2v) is 13.2. The van der Waals surface area contributed by atoms with Crippen molar-refractivity contribution in [3.63, 3.8) is 0 Å². The van der Waals surface area contributed by atoms with Crippen LogP contribution in [0, 0.1) is 12.3 Å². The van der Waals surface area contributed by atoms with Gasteiger partial charge in [0, 0.05) is 31.6 Å². The largest absolute Gasteiger partial charge is 0.395 e. The highest BCUT2D eigenvalue weighted by Gasteiger charge is 2.44. The number of benzene rings is 1. The number of hydrogen-bond donors (Lipinski definition) is 2. The van der Waals surface area contributed by atoms with Gasteiger partial charge >= 0.3 is 0 Å². The quantitative estimate of drug-likeness (QED) is 0.400. The Hall–Kier alpha value is -3.45. The van der Waals surface area contributed by atoms with Crippen LogP contribution in [0.15, 0.2) is 36.5 Å². The summed E-state index contributed by atoms with van der Waals surface area (Å²) in [6.45, 7) is 3.06. The van der Waals surface area contributed by atoms with Crippen LogP contribution in [0.25, 0.3) is 22.6 Å². The first kappa shape index (κ1) is 27.7. The predicted molar refractivity (Wildman–Crippen MR) is 152 cm³/mol. The third kappa shape index (κ3) is 6.10. The Morgan fingerprint density at radius 2 is 1.80 bits per heavy atom. The van der Waals surface area contributed by atoms with Crippen molar-refractivity contribution in [1.82, 2.24) is 25.0 Å². The lowest BCUT2D eigenvalue weighted by Gasteiger charge is -2.35. The van der Waals surface area contributed by atoms with E-state index in [9.17, 15) is 17.2 Å². The first-order chi connectivity index (χ1) is 19.5. The highest BCUT2D eigenvalue weighted by Crippen LogP contribution is 2.54. The summed E-state index contributed by atoms with van der Waals surface area (Å²) in [5.74, 6) is -2.66. The molecule has 0 unspecified atom stereocenters. The van der Waals surface area contributed by atoms with Gasteiger partial charge in [-0.1, -0.05) is 11.3 Å². The number of halogens is 2. The summed E-state index contributed by atoms with van der Waals surface area (Å²) in [6, 6.07) is 7.06. The molecule has 10 nitrogen and oxygen atoms in total. The minimum atomic E-state index is -3.69. The van der Waals surface area contributed by atoms with Crippen molar-refractivity contribution in [2.45, 2.75) is 57.8 Å². The molecule has 6 rings (SSSR count). The van der Waals surface area contributed by atoms with Crippen LogP contribution in [-0.2, 0) is 10.0 Å². The van der Waals surface area contributed by atoms with Crippen LogP contribution >= 0.6 is 0 Å². The summed E-state index contributed by atoms with van der Waals surface area (Å²) < 4.78 is 56.2. The highest BCUT2D eigenvalue weighted by molar-refractivity contribution is 7.92. The first-order valence-corrected chi connectivity index (χ1v) is 15.6. The summed E-state index contributed by atoms with van der Waals surface area (Å²) in [7, 11) is -3.69. The molecule has 2 aromatic heterocycles. The van der Waals surface area contributed by atoms with E-state index in [0.29, 0.717) is 39.6 Å². The Kier molecular flexibility index (Phi) is 7.05. The zero-order valence-corrected chi connectivity index (χ0v) is 23.7. The van der Waals surface area contributed by atoms with Gasteiger partial charge in [-0.2, -0.15) is 0 Å². The monoisotopic (exact) mass is 585 g/mol. The predicted octanol–water partition coefficient (Wildman–Crippen LogP) is 4.35. The van der Waals surface area contributed by atoms with Crippen molar-refractivity contribution < 1.29 is 22.3 Å². The van der Waals surface area contributed by atoms with E-state index in [1.165, 1.54) is 18.9 Å². The van der Waals surface area contributed by atoms with Gasteiger partial charge in [-0.05, 0) is 74.3 Å². The average molecular weight is 586 g/mol. The molecule has 41 heavy (non-hydrogen) atoms. The maximum atomic E-state index is 13.7. The number of piperidine rings is 1. The number of allylic oxidation sites excluding steroid dienone is 2. The summed E-state index contributed by atoms with van der Waals surface area (Å²) in [5, 5.41) is 17.9. The molecule has 2 N–H and O–H groups in total. The summed E-state index contributed by atoms with van der Waals surface area (Å²) in [4.78, 5) is 11.4. The number of aryl methyl sites for hydroxylation is 1. The number of rotatable bonds is 8. The molecule has 0 amide bonds. The van der Waals surface area contributed by atoms with Gasteiger partial charge in [-0.3, -0.25) is 4.72 Å². The summed E-state index contributed by atoms with van der Waals surface area (Å²) in [5.41, 5.74) is 4.88. The van der Waals surface area contributed by atoms with Gasteiger partial charge in [0.2, 0.25) is 10.0 Å². The van der Waals surface area contributed by atoms with E-state index in [1.807, 2.05) is 6.92 Å². The van der Waals surface area contributed by atoms with E-state index in [4.69, 9.17) is 5.11 Å². The maximum absolute atomic E-state index is 13.7. The van der Waals surface area contributed by atoms with Crippen LogP contribution in [0.5, 0.6) is 0 Å². The van der Waals surface area contributed by atoms with Crippen LogP contribution < -0.4 is 9.62 Å². The molecule has 218 valence electrons. The van der Waals surface area contributed by atoms with Gasteiger partial charge in [0.25, 0.3) is 5.92 Å². The number of anilines is 2. The molecule has 1 saturated carbocycles. The van der Waals surface area contributed by atoms with Crippen molar-refractivity contribution in [1.29, 1.82) is 0 Å². The van der Waals surface area contributed by atoms with E-state index in [2.05, 4.69) is 29.9 Å². The lowest BCUT2D eigenvalue weighted by molar-refractivity contribution is -0.00608. The molecule has 0 radical (unpaired) electrons. The normalized spacial score (nSPS) is 19.7. The molecule has 2 aliphatic carbocycles. The molecule has 3 aromatic rings. The smallest absolute Gasteiger partial charge is 0.251 e.